The van der Waals surface area contributed by atoms with Crippen LogP contribution in [0.2, 0.25) is 0 Å². The Labute approximate surface area is 175 Å². The van der Waals surface area contributed by atoms with Gasteiger partial charge in [0.2, 0.25) is 0 Å². The summed E-state index contributed by atoms with van der Waals surface area (Å²) in [6.07, 6.45) is 10.9. The summed E-state index contributed by atoms with van der Waals surface area (Å²) < 4.78 is 5.47. The van der Waals surface area contributed by atoms with E-state index in [0.717, 1.165) is 36.5 Å². The predicted octanol–water partition coefficient (Wildman–Crippen LogP) is 5.15. The van der Waals surface area contributed by atoms with Crippen molar-refractivity contribution in [1.29, 1.82) is 0 Å². The van der Waals surface area contributed by atoms with E-state index in [2.05, 4.69) is 47.6 Å². The maximum Gasteiger partial charge on any atom is 0.119 e. The molecule has 3 heteroatoms. The molecule has 0 spiro atoms. The van der Waals surface area contributed by atoms with Crippen LogP contribution in [-0.4, -0.2) is 24.7 Å². The minimum absolute atomic E-state index is 0.454. The molecule has 2 fully saturated rings. The highest BCUT2D eigenvalue weighted by Gasteiger charge is 2.54. The largest absolute Gasteiger partial charge is 0.497 e. The average Bonchev–Trinajstić information content (AvgIpc) is 3.10. The van der Waals surface area contributed by atoms with Crippen molar-refractivity contribution in [3.8, 4) is 5.75 Å². The van der Waals surface area contributed by atoms with Gasteiger partial charge in [0.1, 0.15) is 5.75 Å². The molecule has 0 unspecified atom stereocenters. The first-order valence-electron chi connectivity index (χ1n) is 11.5. The van der Waals surface area contributed by atoms with Crippen LogP contribution in [0.4, 0.5) is 0 Å². The highest BCUT2D eigenvalue weighted by Crippen LogP contribution is 2.60. The molecule has 1 aromatic carbocycles. The van der Waals surface area contributed by atoms with E-state index in [1.54, 1.807) is 12.7 Å². The maximum atomic E-state index is 5.47. The second-order valence-electron chi connectivity index (χ2n) is 9.68. The Morgan fingerprint density at radius 1 is 1.14 bits per heavy atom. The van der Waals surface area contributed by atoms with Gasteiger partial charge in [0, 0.05) is 30.9 Å². The fourth-order valence-electron chi connectivity index (χ4n) is 6.94. The van der Waals surface area contributed by atoms with Gasteiger partial charge < -0.3 is 10.1 Å². The lowest BCUT2D eigenvalue weighted by Gasteiger charge is -2.51. The van der Waals surface area contributed by atoms with Gasteiger partial charge in [-0.25, -0.2) is 0 Å². The Morgan fingerprint density at radius 3 is 2.90 bits per heavy atom. The van der Waals surface area contributed by atoms with Gasteiger partial charge in [-0.2, -0.15) is 0 Å². The van der Waals surface area contributed by atoms with Crippen LogP contribution in [0.1, 0.15) is 61.8 Å². The van der Waals surface area contributed by atoms with Crippen LogP contribution in [0.25, 0.3) is 0 Å². The zero-order valence-electron chi connectivity index (χ0n) is 17.9. The number of hydrogen-bond donors (Lipinski definition) is 1. The third-order valence-electron chi connectivity index (χ3n) is 8.43. The van der Waals surface area contributed by atoms with Gasteiger partial charge in [-0.1, -0.05) is 19.1 Å². The highest BCUT2D eigenvalue weighted by atomic mass is 16.5. The smallest absolute Gasteiger partial charge is 0.119 e. The first kappa shape index (κ1) is 19.1. The van der Waals surface area contributed by atoms with Gasteiger partial charge in [-0.3, -0.25) is 4.98 Å². The van der Waals surface area contributed by atoms with E-state index in [1.165, 1.54) is 49.8 Å². The number of aromatic nitrogens is 1. The molecule has 1 aromatic heterocycles. The van der Waals surface area contributed by atoms with Crippen molar-refractivity contribution in [3.05, 3.63) is 59.4 Å². The van der Waals surface area contributed by atoms with E-state index >= 15 is 0 Å². The molecular formula is C26H34N2O. The number of aryl methyl sites for hydroxylation is 1. The molecule has 29 heavy (non-hydrogen) atoms. The molecule has 154 valence electrons. The lowest BCUT2D eigenvalue weighted by atomic mass is 9.55. The lowest BCUT2D eigenvalue weighted by Crippen LogP contribution is -2.49. The van der Waals surface area contributed by atoms with Gasteiger partial charge in [0.05, 0.1) is 7.11 Å². The number of ether oxygens (including phenoxy) is 1. The summed E-state index contributed by atoms with van der Waals surface area (Å²) in [4.78, 5) is 4.48. The fraction of sp³-hybridized carbons (Fsp3) is 0.577. The number of nitrogens with zero attached hydrogens (tertiary/aromatic N) is 1. The average molecular weight is 391 g/mol. The topological polar surface area (TPSA) is 34.1 Å². The second-order valence-corrected chi connectivity index (χ2v) is 9.68. The fourth-order valence-corrected chi connectivity index (χ4v) is 6.94. The standard InChI is InChI=1S/C26H34N2O/c1-26-14-12-22-21-9-7-20(29-2)17-18(21)6-8-23(22)24(26)10-11-25(26)28-16-13-19-5-3-4-15-27-19/h3-5,7,9,15,17,22-25,28H,6,8,10-14,16H2,1-2H3/t22-,23-,24+,25+,26+/m1/s1. The van der Waals surface area contributed by atoms with Crippen molar-refractivity contribution < 1.29 is 4.74 Å². The number of benzene rings is 1. The van der Waals surface area contributed by atoms with Crippen LogP contribution < -0.4 is 10.1 Å². The van der Waals surface area contributed by atoms with Gasteiger partial charge in [0.15, 0.2) is 0 Å². The van der Waals surface area contributed by atoms with E-state index < -0.39 is 0 Å². The summed E-state index contributed by atoms with van der Waals surface area (Å²) in [5.41, 5.74) is 4.81. The van der Waals surface area contributed by atoms with Crippen LogP contribution >= 0.6 is 0 Å². The molecule has 5 rings (SSSR count). The van der Waals surface area contributed by atoms with Crippen LogP contribution in [0.15, 0.2) is 42.6 Å². The number of pyridine rings is 1. The molecule has 1 heterocycles. The molecule has 3 aliphatic rings. The SMILES string of the molecule is COc1ccc2c(c1)CC[C@@H]1[C@@H]2CC[C@]2(C)[C@@H](NCCc3ccccn3)CC[C@@H]12. The summed E-state index contributed by atoms with van der Waals surface area (Å²) >= 11 is 0. The molecule has 5 atom stereocenters. The molecule has 0 amide bonds. The quantitative estimate of drug-likeness (QED) is 0.767. The predicted molar refractivity (Wildman–Crippen MR) is 117 cm³/mol. The van der Waals surface area contributed by atoms with E-state index in [1.807, 2.05) is 12.3 Å². The van der Waals surface area contributed by atoms with Crippen LogP contribution in [0.5, 0.6) is 5.75 Å². The van der Waals surface area contributed by atoms with Gasteiger partial charge >= 0.3 is 0 Å². The first-order chi connectivity index (χ1) is 14.2. The molecule has 0 bridgehead atoms. The summed E-state index contributed by atoms with van der Waals surface area (Å²) in [7, 11) is 1.78. The van der Waals surface area contributed by atoms with Gasteiger partial charge in [-0.15, -0.1) is 0 Å². The van der Waals surface area contributed by atoms with Crippen molar-refractivity contribution in [2.75, 3.05) is 13.7 Å². The Morgan fingerprint density at radius 2 is 2.07 bits per heavy atom. The minimum atomic E-state index is 0.454. The molecule has 2 aromatic rings. The molecular weight excluding hydrogens is 356 g/mol. The minimum Gasteiger partial charge on any atom is -0.497 e. The van der Waals surface area contributed by atoms with Crippen molar-refractivity contribution in [3.63, 3.8) is 0 Å². The number of rotatable bonds is 5. The summed E-state index contributed by atoms with van der Waals surface area (Å²) in [6, 6.07) is 13.7. The number of fused-ring (bicyclic) bond motifs is 5. The Kier molecular flexibility index (Phi) is 5.11. The van der Waals surface area contributed by atoms with Gasteiger partial charge in [-0.05, 0) is 97.1 Å². The Balaban J connectivity index is 1.28. The molecule has 0 aliphatic heterocycles. The number of nitrogens with one attached hydrogen (secondary N) is 1. The summed E-state index contributed by atoms with van der Waals surface area (Å²) in [6.45, 7) is 3.63. The molecule has 3 nitrogen and oxygen atoms in total. The summed E-state index contributed by atoms with van der Waals surface area (Å²) in [5.74, 6) is 3.50. The molecule has 3 aliphatic carbocycles. The second kappa shape index (κ2) is 7.75. The molecule has 0 radical (unpaired) electrons. The summed E-state index contributed by atoms with van der Waals surface area (Å²) in [5, 5.41) is 3.94. The van der Waals surface area contributed by atoms with Crippen molar-refractivity contribution in [2.24, 2.45) is 17.3 Å². The monoisotopic (exact) mass is 390 g/mol. The van der Waals surface area contributed by atoms with Gasteiger partial charge in [0.25, 0.3) is 0 Å². The van der Waals surface area contributed by atoms with Crippen LogP contribution in [0.3, 0.4) is 0 Å². The van der Waals surface area contributed by atoms with E-state index in [4.69, 9.17) is 4.74 Å². The normalized spacial score (nSPS) is 32.9. The van der Waals surface area contributed by atoms with Crippen LogP contribution in [-0.2, 0) is 12.8 Å². The number of hydrogen-bond acceptors (Lipinski definition) is 3. The van der Waals surface area contributed by atoms with Crippen molar-refractivity contribution in [1.82, 2.24) is 10.3 Å². The zero-order valence-corrected chi connectivity index (χ0v) is 17.9. The Hall–Kier alpha value is -1.87. The molecule has 0 saturated heterocycles. The van der Waals surface area contributed by atoms with Crippen molar-refractivity contribution >= 4 is 0 Å². The lowest BCUT2D eigenvalue weighted by molar-refractivity contribution is 0.0414. The van der Waals surface area contributed by atoms with E-state index in [-0.39, 0.29) is 0 Å². The number of methoxy groups -OCH3 is 1. The zero-order chi connectivity index (χ0) is 19.8. The molecule has 2 saturated carbocycles. The first-order valence-corrected chi connectivity index (χ1v) is 11.5. The maximum absolute atomic E-state index is 5.47. The van der Waals surface area contributed by atoms with Crippen LogP contribution in [0, 0.1) is 17.3 Å². The highest BCUT2D eigenvalue weighted by molar-refractivity contribution is 5.40. The molecule has 1 N–H and O–H groups in total. The van der Waals surface area contributed by atoms with E-state index in [0.29, 0.717) is 11.5 Å². The Bertz CT molecular complexity index is 851. The van der Waals surface area contributed by atoms with Crippen molar-refractivity contribution in [2.45, 2.75) is 63.8 Å². The van der Waals surface area contributed by atoms with E-state index in [9.17, 15) is 0 Å². The third kappa shape index (κ3) is 3.38. The third-order valence-corrected chi connectivity index (χ3v) is 8.43.